The van der Waals surface area contributed by atoms with E-state index in [4.69, 9.17) is 4.42 Å². The van der Waals surface area contributed by atoms with Gasteiger partial charge in [-0.1, -0.05) is 37.3 Å². The van der Waals surface area contributed by atoms with Gasteiger partial charge in [0.15, 0.2) is 0 Å². The van der Waals surface area contributed by atoms with Crippen LogP contribution in [0.25, 0.3) is 0 Å². The summed E-state index contributed by atoms with van der Waals surface area (Å²) in [6.07, 6.45) is 1.80. The van der Waals surface area contributed by atoms with Crippen LogP contribution in [0.15, 0.2) is 52.0 Å². The average Bonchev–Trinajstić information content (AvgIpc) is 3.08. The van der Waals surface area contributed by atoms with Crippen LogP contribution in [0.5, 0.6) is 0 Å². The fourth-order valence-corrected chi connectivity index (χ4v) is 2.67. The van der Waals surface area contributed by atoms with E-state index in [1.54, 1.807) is 12.1 Å². The van der Waals surface area contributed by atoms with E-state index in [0.29, 0.717) is 12.2 Å². The smallest absolute Gasteiger partial charge is 0.346 e. The van der Waals surface area contributed by atoms with Crippen molar-refractivity contribution >= 4 is 18.2 Å². The maximum atomic E-state index is 12.8. The van der Waals surface area contributed by atoms with Gasteiger partial charge < -0.3 is 9.73 Å². The molecular formula is C17H17N3O3. The lowest BCUT2D eigenvalue weighted by Crippen LogP contribution is -2.43. The Morgan fingerprint density at radius 1 is 1.22 bits per heavy atom. The van der Waals surface area contributed by atoms with Crippen molar-refractivity contribution in [2.45, 2.75) is 25.8 Å². The lowest BCUT2D eigenvalue weighted by atomic mass is 9.87. The molecule has 0 spiro atoms. The van der Waals surface area contributed by atoms with Gasteiger partial charge in [-0.3, -0.25) is 4.79 Å². The summed E-state index contributed by atoms with van der Waals surface area (Å²) >= 11 is 0. The minimum Gasteiger partial charge on any atom is -0.460 e. The van der Waals surface area contributed by atoms with E-state index in [1.807, 2.05) is 44.2 Å². The Morgan fingerprint density at radius 3 is 2.57 bits per heavy atom. The second kappa shape index (κ2) is 5.72. The van der Waals surface area contributed by atoms with E-state index in [1.165, 1.54) is 6.21 Å². The van der Waals surface area contributed by atoms with Crippen molar-refractivity contribution in [3.8, 4) is 0 Å². The number of aryl methyl sites for hydroxylation is 1. The Labute approximate surface area is 133 Å². The first-order valence-corrected chi connectivity index (χ1v) is 7.39. The van der Waals surface area contributed by atoms with Crippen LogP contribution in [0.4, 0.5) is 4.79 Å². The Morgan fingerprint density at radius 2 is 1.96 bits per heavy atom. The summed E-state index contributed by atoms with van der Waals surface area (Å²) in [5.74, 6) is 0.823. The van der Waals surface area contributed by atoms with E-state index in [0.717, 1.165) is 16.3 Å². The predicted molar refractivity (Wildman–Crippen MR) is 84.8 cm³/mol. The SMILES string of the molecule is CC[C@@]1(c2ccccc2)NC(=O)N(/N=C\c2ccc(C)o2)C1=O. The molecule has 3 rings (SSSR count). The van der Waals surface area contributed by atoms with Gasteiger partial charge in [0.1, 0.15) is 17.1 Å². The molecule has 1 fully saturated rings. The van der Waals surface area contributed by atoms with Crippen LogP contribution in [0.1, 0.15) is 30.4 Å². The second-order valence-corrected chi connectivity index (χ2v) is 5.37. The molecule has 2 aromatic rings. The molecule has 1 saturated heterocycles. The molecule has 1 N–H and O–H groups in total. The Bertz CT molecular complexity index is 766. The van der Waals surface area contributed by atoms with E-state index in [2.05, 4.69) is 10.4 Å². The summed E-state index contributed by atoms with van der Waals surface area (Å²) in [6, 6.07) is 12.2. The number of carbonyl (C=O) groups excluding carboxylic acids is 2. The highest BCUT2D eigenvalue weighted by molar-refractivity contribution is 6.07. The molecule has 1 atom stereocenters. The molecule has 2 heterocycles. The summed E-state index contributed by atoms with van der Waals surface area (Å²) in [5, 5.41) is 7.61. The number of nitrogens with zero attached hydrogens (tertiary/aromatic N) is 2. The number of imide groups is 1. The molecule has 118 valence electrons. The van der Waals surface area contributed by atoms with Crippen molar-refractivity contribution < 1.29 is 14.0 Å². The highest BCUT2D eigenvalue weighted by Gasteiger charge is 2.51. The number of amides is 3. The third kappa shape index (κ3) is 2.52. The molecule has 1 aromatic heterocycles. The number of urea groups is 1. The topological polar surface area (TPSA) is 74.9 Å². The number of carbonyl (C=O) groups is 2. The molecule has 3 amide bonds. The van der Waals surface area contributed by atoms with Crippen molar-refractivity contribution in [3.63, 3.8) is 0 Å². The van der Waals surface area contributed by atoms with Crippen LogP contribution in [0, 0.1) is 6.92 Å². The van der Waals surface area contributed by atoms with Gasteiger partial charge in [0.2, 0.25) is 0 Å². The molecule has 1 aromatic carbocycles. The van der Waals surface area contributed by atoms with Crippen molar-refractivity contribution in [3.05, 3.63) is 59.5 Å². The van der Waals surface area contributed by atoms with Crippen molar-refractivity contribution in [2.75, 3.05) is 0 Å². The Hall–Kier alpha value is -2.89. The molecule has 23 heavy (non-hydrogen) atoms. The normalized spacial score (nSPS) is 21.2. The first kappa shape index (κ1) is 15.0. The van der Waals surface area contributed by atoms with Gasteiger partial charge in [-0.2, -0.15) is 5.10 Å². The number of nitrogens with one attached hydrogen (secondary N) is 1. The monoisotopic (exact) mass is 311 g/mol. The Balaban J connectivity index is 1.91. The molecule has 0 saturated carbocycles. The summed E-state index contributed by atoms with van der Waals surface area (Å²) in [7, 11) is 0. The average molecular weight is 311 g/mol. The van der Waals surface area contributed by atoms with Gasteiger partial charge in [0, 0.05) is 0 Å². The first-order chi connectivity index (χ1) is 11.1. The summed E-state index contributed by atoms with van der Waals surface area (Å²) in [6.45, 7) is 3.66. The van der Waals surface area contributed by atoms with E-state index < -0.39 is 17.5 Å². The molecular weight excluding hydrogens is 294 g/mol. The summed E-state index contributed by atoms with van der Waals surface area (Å²) in [4.78, 5) is 25.0. The first-order valence-electron chi connectivity index (χ1n) is 7.39. The van der Waals surface area contributed by atoms with E-state index in [-0.39, 0.29) is 0 Å². The van der Waals surface area contributed by atoms with Gasteiger partial charge in [0.25, 0.3) is 5.91 Å². The van der Waals surface area contributed by atoms with E-state index in [9.17, 15) is 9.59 Å². The summed E-state index contributed by atoms with van der Waals surface area (Å²) in [5.41, 5.74) is -0.332. The molecule has 0 aliphatic carbocycles. The van der Waals surface area contributed by atoms with Gasteiger partial charge in [0.05, 0.1) is 6.21 Å². The fourth-order valence-electron chi connectivity index (χ4n) is 2.67. The maximum Gasteiger partial charge on any atom is 0.346 e. The van der Waals surface area contributed by atoms with Gasteiger partial charge in [-0.25, -0.2) is 4.79 Å². The second-order valence-electron chi connectivity index (χ2n) is 5.37. The maximum absolute atomic E-state index is 12.8. The zero-order valence-electron chi connectivity index (χ0n) is 12.9. The number of benzene rings is 1. The number of hydrogen-bond acceptors (Lipinski definition) is 4. The number of furan rings is 1. The van der Waals surface area contributed by atoms with Crippen LogP contribution in [0.3, 0.4) is 0 Å². The highest BCUT2D eigenvalue weighted by Crippen LogP contribution is 2.32. The third-order valence-corrected chi connectivity index (χ3v) is 3.93. The van der Waals surface area contributed by atoms with E-state index >= 15 is 0 Å². The molecule has 0 radical (unpaired) electrons. The van der Waals surface area contributed by atoms with Crippen LogP contribution < -0.4 is 5.32 Å². The third-order valence-electron chi connectivity index (χ3n) is 3.93. The van der Waals surface area contributed by atoms with Crippen LogP contribution in [-0.4, -0.2) is 23.2 Å². The number of hydrogen-bond donors (Lipinski definition) is 1. The summed E-state index contributed by atoms with van der Waals surface area (Å²) < 4.78 is 5.36. The zero-order chi connectivity index (χ0) is 16.4. The minimum absolute atomic E-state index is 0.393. The molecule has 1 aliphatic heterocycles. The highest BCUT2D eigenvalue weighted by atomic mass is 16.3. The Kier molecular flexibility index (Phi) is 3.73. The van der Waals surface area contributed by atoms with Crippen LogP contribution in [-0.2, 0) is 10.3 Å². The number of rotatable bonds is 4. The minimum atomic E-state index is -1.07. The standard InChI is InChI=1S/C17H17N3O3/c1-3-17(13-7-5-4-6-8-13)15(21)20(16(22)19-17)18-11-14-10-9-12(2)23-14/h4-11H,3H2,1-2H3,(H,19,22)/b18-11-/t17-/m0/s1. The lowest BCUT2D eigenvalue weighted by Gasteiger charge is -2.24. The van der Waals surface area contributed by atoms with Crippen LogP contribution in [0.2, 0.25) is 0 Å². The van der Waals surface area contributed by atoms with Crippen molar-refractivity contribution in [1.29, 1.82) is 0 Å². The van der Waals surface area contributed by atoms with Gasteiger partial charge >= 0.3 is 6.03 Å². The molecule has 0 bridgehead atoms. The molecule has 1 aliphatic rings. The van der Waals surface area contributed by atoms with Crippen molar-refractivity contribution in [1.82, 2.24) is 10.3 Å². The predicted octanol–water partition coefficient (Wildman–Crippen LogP) is 2.78. The molecule has 6 nitrogen and oxygen atoms in total. The fraction of sp³-hybridized carbons (Fsp3) is 0.235. The van der Waals surface area contributed by atoms with Gasteiger partial charge in [-0.15, -0.1) is 5.01 Å². The molecule has 6 heteroatoms. The number of hydrazone groups is 1. The van der Waals surface area contributed by atoms with Crippen molar-refractivity contribution in [2.24, 2.45) is 5.10 Å². The largest absolute Gasteiger partial charge is 0.460 e. The van der Waals surface area contributed by atoms with Crippen LogP contribution >= 0.6 is 0 Å². The van der Waals surface area contributed by atoms with Gasteiger partial charge in [-0.05, 0) is 31.0 Å². The quantitative estimate of drug-likeness (QED) is 0.697. The zero-order valence-corrected chi connectivity index (χ0v) is 12.9. The molecule has 0 unspecified atom stereocenters. The lowest BCUT2D eigenvalue weighted by molar-refractivity contribution is -0.131.